The molecule has 2 rings (SSSR count). The zero-order chi connectivity index (χ0) is 29.9. The van der Waals surface area contributed by atoms with Crippen LogP contribution in [0.25, 0.3) is 6.08 Å². The van der Waals surface area contributed by atoms with Gasteiger partial charge in [0.1, 0.15) is 23.4 Å². The monoisotopic (exact) mass is 553 g/mol. The van der Waals surface area contributed by atoms with E-state index in [-0.39, 0.29) is 24.8 Å². The van der Waals surface area contributed by atoms with Crippen molar-refractivity contribution in [1.29, 1.82) is 0 Å². The molecule has 9 heteroatoms. The number of phenolic OH excluding ortho intramolecular Hbond substituents is 1. The van der Waals surface area contributed by atoms with E-state index >= 15 is 0 Å². The number of ether oxygens (including phenoxy) is 1. The SMILES string of the molecule is C=Cc1cccc(C(C(=O)NC(C)CCC)N(CCO)C(=O)C(Cc2ccc(O)cc2)NC(=O)OC(C)(C)C)c1. The molecular formula is C31H43N3O6. The highest BCUT2D eigenvalue weighted by Gasteiger charge is 2.36. The number of nitrogens with one attached hydrogen (secondary N) is 2. The number of phenols is 1. The van der Waals surface area contributed by atoms with Crippen LogP contribution in [0, 0.1) is 0 Å². The summed E-state index contributed by atoms with van der Waals surface area (Å²) in [6.07, 6.45) is 2.54. The van der Waals surface area contributed by atoms with Crippen molar-refractivity contribution in [3.05, 3.63) is 71.8 Å². The number of aromatic hydroxyl groups is 1. The fourth-order valence-corrected chi connectivity index (χ4v) is 4.35. The molecule has 0 bridgehead atoms. The van der Waals surface area contributed by atoms with Crippen LogP contribution in [0.2, 0.25) is 0 Å². The Morgan fingerprint density at radius 3 is 2.35 bits per heavy atom. The molecule has 3 atom stereocenters. The minimum atomic E-state index is -1.13. The Morgan fingerprint density at radius 2 is 1.77 bits per heavy atom. The van der Waals surface area contributed by atoms with E-state index in [1.807, 2.05) is 19.9 Å². The molecule has 0 radical (unpaired) electrons. The Bertz CT molecular complexity index is 1140. The van der Waals surface area contributed by atoms with E-state index in [9.17, 15) is 24.6 Å². The molecule has 3 unspecified atom stereocenters. The molecule has 4 N–H and O–H groups in total. The zero-order valence-electron chi connectivity index (χ0n) is 24.1. The molecule has 0 saturated carbocycles. The maximum atomic E-state index is 14.2. The number of aliphatic hydroxyl groups excluding tert-OH is 1. The van der Waals surface area contributed by atoms with Crippen LogP contribution >= 0.6 is 0 Å². The number of rotatable bonds is 13. The van der Waals surface area contributed by atoms with Gasteiger partial charge in [-0.3, -0.25) is 9.59 Å². The molecule has 0 saturated heterocycles. The van der Waals surface area contributed by atoms with Gasteiger partial charge in [-0.1, -0.05) is 56.3 Å². The number of hydrogen-bond acceptors (Lipinski definition) is 6. The first-order valence-corrected chi connectivity index (χ1v) is 13.6. The molecule has 0 aliphatic rings. The molecule has 2 aromatic rings. The van der Waals surface area contributed by atoms with Gasteiger partial charge in [0.15, 0.2) is 0 Å². The van der Waals surface area contributed by atoms with Crippen LogP contribution < -0.4 is 10.6 Å². The smallest absolute Gasteiger partial charge is 0.408 e. The normalized spacial score (nSPS) is 13.4. The van der Waals surface area contributed by atoms with E-state index in [0.717, 1.165) is 18.4 Å². The lowest BCUT2D eigenvalue weighted by atomic mass is 9.98. The number of alkyl carbamates (subject to hydrolysis) is 1. The Kier molecular flexibility index (Phi) is 12.2. The zero-order valence-corrected chi connectivity index (χ0v) is 24.1. The van der Waals surface area contributed by atoms with E-state index in [4.69, 9.17) is 4.74 Å². The number of carbonyl (C=O) groups is 3. The fourth-order valence-electron chi connectivity index (χ4n) is 4.35. The Labute approximate surface area is 237 Å². The van der Waals surface area contributed by atoms with E-state index < -0.39 is 42.2 Å². The minimum Gasteiger partial charge on any atom is -0.508 e. The van der Waals surface area contributed by atoms with E-state index in [1.165, 1.54) is 17.0 Å². The number of benzene rings is 2. The lowest BCUT2D eigenvalue weighted by Crippen LogP contribution is -2.55. The minimum absolute atomic E-state index is 0.0631. The largest absolute Gasteiger partial charge is 0.508 e. The fraction of sp³-hybridized carbons (Fsp3) is 0.452. The molecule has 0 heterocycles. The van der Waals surface area contributed by atoms with Crippen molar-refractivity contribution >= 4 is 24.0 Å². The number of hydrogen-bond donors (Lipinski definition) is 4. The van der Waals surface area contributed by atoms with Crippen LogP contribution in [0.4, 0.5) is 4.79 Å². The lowest BCUT2D eigenvalue weighted by molar-refractivity contribution is -0.143. The summed E-state index contributed by atoms with van der Waals surface area (Å²) < 4.78 is 5.42. The molecule has 9 nitrogen and oxygen atoms in total. The third kappa shape index (κ3) is 10.0. The summed E-state index contributed by atoms with van der Waals surface area (Å²) in [6.45, 7) is 12.3. The van der Waals surface area contributed by atoms with Crippen molar-refractivity contribution in [2.24, 2.45) is 0 Å². The molecule has 3 amide bonds. The van der Waals surface area contributed by atoms with Gasteiger partial charge in [0.05, 0.1) is 6.61 Å². The standard InChI is InChI=1S/C31H43N3O6/c1-7-10-21(3)32-28(37)27(24-12-9-11-22(8-2)19-24)34(17-18-35)29(38)26(33-30(39)40-31(4,5)6)20-23-13-15-25(36)16-14-23/h8-9,11-16,19,21,26-27,35-36H,2,7,10,17-18,20H2,1,3-6H3,(H,32,37)(H,33,39). The van der Waals surface area contributed by atoms with E-state index in [1.54, 1.807) is 57.2 Å². The number of carbonyl (C=O) groups excluding carboxylic acids is 3. The van der Waals surface area contributed by atoms with Gasteiger partial charge in [-0.2, -0.15) is 0 Å². The third-order valence-electron chi connectivity index (χ3n) is 6.12. The van der Waals surface area contributed by atoms with Gasteiger partial charge in [-0.05, 0) is 69.0 Å². The predicted octanol–water partition coefficient (Wildman–Crippen LogP) is 4.34. The molecule has 2 aromatic carbocycles. The summed E-state index contributed by atoms with van der Waals surface area (Å²) in [7, 11) is 0. The topological polar surface area (TPSA) is 128 Å². The molecular weight excluding hydrogens is 510 g/mol. The van der Waals surface area contributed by atoms with Crippen molar-refractivity contribution in [2.45, 2.75) is 77.6 Å². The Morgan fingerprint density at radius 1 is 1.10 bits per heavy atom. The number of nitrogens with zero attached hydrogens (tertiary/aromatic N) is 1. The number of aliphatic hydroxyl groups is 1. The van der Waals surface area contributed by atoms with Crippen LogP contribution in [0.5, 0.6) is 5.75 Å². The molecule has 0 aliphatic heterocycles. The van der Waals surface area contributed by atoms with Gasteiger partial charge in [0.25, 0.3) is 0 Å². The van der Waals surface area contributed by atoms with Gasteiger partial charge in [0.2, 0.25) is 11.8 Å². The Hall–Kier alpha value is -3.85. The molecule has 0 aliphatic carbocycles. The van der Waals surface area contributed by atoms with Crippen LogP contribution in [0.1, 0.15) is 70.2 Å². The van der Waals surface area contributed by atoms with Gasteiger partial charge in [0, 0.05) is 19.0 Å². The predicted molar refractivity (Wildman–Crippen MR) is 156 cm³/mol. The van der Waals surface area contributed by atoms with E-state index in [2.05, 4.69) is 17.2 Å². The molecule has 218 valence electrons. The summed E-state index contributed by atoms with van der Waals surface area (Å²) in [6, 6.07) is 11.0. The highest BCUT2D eigenvalue weighted by atomic mass is 16.6. The van der Waals surface area contributed by atoms with Crippen LogP contribution in [-0.2, 0) is 20.7 Å². The Balaban J connectivity index is 2.55. The summed E-state index contributed by atoms with van der Waals surface area (Å²) in [5.74, 6) is -0.904. The average molecular weight is 554 g/mol. The van der Waals surface area contributed by atoms with Crippen LogP contribution in [0.15, 0.2) is 55.1 Å². The van der Waals surface area contributed by atoms with Crippen LogP contribution in [0.3, 0.4) is 0 Å². The summed E-state index contributed by atoms with van der Waals surface area (Å²) in [5.41, 5.74) is 1.17. The van der Waals surface area contributed by atoms with Crippen molar-refractivity contribution in [3.63, 3.8) is 0 Å². The van der Waals surface area contributed by atoms with Gasteiger partial charge < -0.3 is 30.5 Å². The molecule has 0 aromatic heterocycles. The molecule has 0 fully saturated rings. The first kappa shape index (κ1) is 32.4. The van der Waals surface area contributed by atoms with Crippen LogP contribution in [-0.4, -0.2) is 63.9 Å². The third-order valence-corrected chi connectivity index (χ3v) is 6.12. The summed E-state index contributed by atoms with van der Waals surface area (Å²) in [4.78, 5) is 42.0. The first-order chi connectivity index (χ1) is 18.9. The summed E-state index contributed by atoms with van der Waals surface area (Å²) >= 11 is 0. The van der Waals surface area contributed by atoms with Crippen molar-refractivity contribution in [1.82, 2.24) is 15.5 Å². The second-order valence-electron chi connectivity index (χ2n) is 10.8. The van der Waals surface area contributed by atoms with Crippen molar-refractivity contribution in [2.75, 3.05) is 13.2 Å². The second kappa shape index (κ2) is 15.1. The maximum absolute atomic E-state index is 14.2. The van der Waals surface area contributed by atoms with Crippen molar-refractivity contribution in [3.8, 4) is 5.75 Å². The van der Waals surface area contributed by atoms with Crippen molar-refractivity contribution < 1.29 is 29.3 Å². The van der Waals surface area contributed by atoms with Gasteiger partial charge in [-0.15, -0.1) is 0 Å². The number of amides is 3. The maximum Gasteiger partial charge on any atom is 0.408 e. The highest BCUT2D eigenvalue weighted by Crippen LogP contribution is 2.25. The molecule has 0 spiro atoms. The molecule has 40 heavy (non-hydrogen) atoms. The average Bonchev–Trinajstić information content (AvgIpc) is 2.88. The lowest BCUT2D eigenvalue weighted by Gasteiger charge is -2.35. The first-order valence-electron chi connectivity index (χ1n) is 13.6. The second-order valence-corrected chi connectivity index (χ2v) is 10.8. The summed E-state index contributed by atoms with van der Waals surface area (Å²) in [5, 5.41) is 25.3. The quantitative estimate of drug-likeness (QED) is 0.292. The van der Waals surface area contributed by atoms with E-state index in [0.29, 0.717) is 11.1 Å². The highest BCUT2D eigenvalue weighted by molar-refractivity contribution is 5.92. The van der Waals surface area contributed by atoms with Gasteiger partial charge in [-0.25, -0.2) is 4.79 Å². The van der Waals surface area contributed by atoms with Gasteiger partial charge >= 0.3 is 6.09 Å².